The number of rotatable bonds is 7. The summed E-state index contributed by atoms with van der Waals surface area (Å²) in [5.41, 5.74) is 0. The third-order valence-electron chi connectivity index (χ3n) is 1.85. The van der Waals surface area contributed by atoms with Crippen LogP contribution in [0, 0.1) is 0 Å². The monoisotopic (exact) mass is 252 g/mol. The Morgan fingerprint density at radius 2 is 2.25 bits per heavy atom. The van der Waals surface area contributed by atoms with E-state index in [0.717, 1.165) is 0 Å². The van der Waals surface area contributed by atoms with Gasteiger partial charge in [-0.05, 0) is 0 Å². The number of nitrogens with zero attached hydrogens (tertiary/aromatic N) is 3. The smallest absolute Gasteiger partial charge is 0.251 e. The fraction of sp³-hybridized carbons (Fsp3) is 0.750. The Morgan fingerprint density at radius 3 is 2.75 bits per heavy atom. The molecule has 1 heterocycles. The van der Waals surface area contributed by atoms with E-state index in [2.05, 4.69) is 15.5 Å². The molecule has 0 atom stereocenters. The lowest BCUT2D eigenvalue weighted by atomic mass is 10.4. The van der Waals surface area contributed by atoms with Crippen LogP contribution in [0.1, 0.15) is 5.01 Å². The highest BCUT2D eigenvalue weighted by Gasteiger charge is 2.14. The Bertz CT molecular complexity index is 310. The minimum absolute atomic E-state index is 0.148. The van der Waals surface area contributed by atoms with Gasteiger partial charge in [0.25, 0.3) is 6.43 Å². The van der Waals surface area contributed by atoms with Crippen molar-refractivity contribution in [3.8, 4) is 0 Å². The summed E-state index contributed by atoms with van der Waals surface area (Å²) >= 11 is 1.31. The SMILES string of the molecule is CNc1nnc(CN(CCO)CC(F)F)s1. The third kappa shape index (κ3) is 4.33. The molecule has 0 aliphatic rings. The molecule has 5 nitrogen and oxygen atoms in total. The lowest BCUT2D eigenvalue weighted by Crippen LogP contribution is -2.31. The van der Waals surface area contributed by atoms with Gasteiger partial charge in [-0.3, -0.25) is 4.90 Å². The molecule has 0 unspecified atom stereocenters. The second-order valence-electron chi connectivity index (χ2n) is 3.10. The van der Waals surface area contributed by atoms with Gasteiger partial charge in [-0.25, -0.2) is 8.78 Å². The Kier molecular flexibility index (Phi) is 5.50. The maximum atomic E-state index is 12.2. The fourth-order valence-electron chi connectivity index (χ4n) is 1.18. The van der Waals surface area contributed by atoms with Crippen molar-refractivity contribution in [2.45, 2.75) is 13.0 Å². The number of aromatic nitrogens is 2. The van der Waals surface area contributed by atoms with Crippen LogP contribution < -0.4 is 5.32 Å². The van der Waals surface area contributed by atoms with Crippen LogP contribution in [-0.2, 0) is 6.54 Å². The number of hydrogen-bond donors (Lipinski definition) is 2. The number of hydrogen-bond acceptors (Lipinski definition) is 6. The highest BCUT2D eigenvalue weighted by Crippen LogP contribution is 2.16. The van der Waals surface area contributed by atoms with Crippen molar-refractivity contribution in [2.24, 2.45) is 0 Å². The summed E-state index contributed by atoms with van der Waals surface area (Å²) in [5, 5.41) is 20.5. The van der Waals surface area contributed by atoms with Crippen LogP contribution in [0.15, 0.2) is 0 Å². The maximum Gasteiger partial charge on any atom is 0.251 e. The topological polar surface area (TPSA) is 61.3 Å². The van der Waals surface area contributed by atoms with Gasteiger partial charge >= 0.3 is 0 Å². The highest BCUT2D eigenvalue weighted by atomic mass is 32.1. The summed E-state index contributed by atoms with van der Waals surface area (Å²) in [7, 11) is 1.72. The molecule has 0 aliphatic heterocycles. The Balaban J connectivity index is 2.52. The summed E-state index contributed by atoms with van der Waals surface area (Å²) in [6.07, 6.45) is -2.41. The molecule has 0 amide bonds. The summed E-state index contributed by atoms with van der Waals surface area (Å²) in [5.74, 6) is 0. The van der Waals surface area contributed by atoms with Crippen molar-refractivity contribution in [3.05, 3.63) is 5.01 Å². The molecule has 16 heavy (non-hydrogen) atoms. The number of halogens is 2. The number of nitrogens with one attached hydrogen (secondary N) is 1. The molecule has 8 heteroatoms. The molecule has 0 aliphatic carbocycles. The zero-order chi connectivity index (χ0) is 12.0. The van der Waals surface area contributed by atoms with E-state index in [4.69, 9.17) is 5.11 Å². The molecule has 0 bridgehead atoms. The van der Waals surface area contributed by atoms with E-state index in [1.54, 1.807) is 7.05 Å². The average molecular weight is 252 g/mol. The summed E-state index contributed by atoms with van der Waals surface area (Å²) < 4.78 is 24.4. The molecule has 1 rings (SSSR count). The maximum absolute atomic E-state index is 12.2. The number of aliphatic hydroxyl groups is 1. The van der Waals surface area contributed by atoms with E-state index in [1.165, 1.54) is 16.2 Å². The minimum atomic E-state index is -2.41. The van der Waals surface area contributed by atoms with Gasteiger partial charge < -0.3 is 10.4 Å². The summed E-state index contributed by atoms with van der Waals surface area (Å²) in [6.45, 7) is -0.0253. The van der Waals surface area contributed by atoms with Crippen molar-refractivity contribution < 1.29 is 13.9 Å². The molecule has 0 fully saturated rings. The Labute approximate surface area is 96.1 Å². The van der Waals surface area contributed by atoms with Gasteiger partial charge in [0.15, 0.2) is 0 Å². The molecular weight excluding hydrogens is 238 g/mol. The zero-order valence-corrected chi connectivity index (χ0v) is 9.68. The first-order chi connectivity index (χ1) is 7.65. The average Bonchev–Trinajstić information content (AvgIpc) is 2.65. The van der Waals surface area contributed by atoms with Crippen LogP contribution in [-0.4, -0.2) is 53.4 Å². The number of aliphatic hydroxyl groups excluding tert-OH is 1. The lowest BCUT2D eigenvalue weighted by Gasteiger charge is -2.18. The molecule has 0 spiro atoms. The summed E-state index contributed by atoms with van der Waals surface area (Å²) in [4.78, 5) is 1.45. The van der Waals surface area contributed by atoms with Crippen LogP contribution in [0.5, 0.6) is 0 Å². The van der Waals surface area contributed by atoms with Crippen LogP contribution in [0.25, 0.3) is 0 Å². The first-order valence-electron chi connectivity index (χ1n) is 4.77. The molecule has 2 N–H and O–H groups in total. The van der Waals surface area contributed by atoms with Gasteiger partial charge in [-0.1, -0.05) is 11.3 Å². The van der Waals surface area contributed by atoms with Crippen LogP contribution in [0.3, 0.4) is 0 Å². The van der Waals surface area contributed by atoms with Crippen LogP contribution >= 0.6 is 11.3 Å². The molecule has 1 aromatic rings. The number of anilines is 1. The molecule has 0 aromatic carbocycles. The van der Waals surface area contributed by atoms with Crippen molar-refractivity contribution in [3.63, 3.8) is 0 Å². The zero-order valence-electron chi connectivity index (χ0n) is 8.86. The molecule has 92 valence electrons. The summed E-state index contributed by atoms with van der Waals surface area (Å²) in [6, 6.07) is 0. The minimum Gasteiger partial charge on any atom is -0.395 e. The standard InChI is InChI=1S/C8H14F2N4OS/c1-11-8-13-12-7(16-8)5-14(2-3-15)4-6(9)10/h6,15H,2-5H2,1H3,(H,11,13). The van der Waals surface area contributed by atoms with Gasteiger partial charge in [0.05, 0.1) is 19.7 Å². The van der Waals surface area contributed by atoms with Gasteiger partial charge in [0.1, 0.15) is 5.01 Å². The quantitative estimate of drug-likeness (QED) is 0.745. The van der Waals surface area contributed by atoms with Gasteiger partial charge in [-0.2, -0.15) is 0 Å². The van der Waals surface area contributed by atoms with Crippen molar-refractivity contribution in [1.82, 2.24) is 15.1 Å². The van der Waals surface area contributed by atoms with Gasteiger partial charge in [0, 0.05) is 13.6 Å². The first-order valence-corrected chi connectivity index (χ1v) is 5.59. The van der Waals surface area contributed by atoms with Crippen LogP contribution in [0.2, 0.25) is 0 Å². The lowest BCUT2D eigenvalue weighted by molar-refractivity contribution is 0.0745. The van der Waals surface area contributed by atoms with Crippen molar-refractivity contribution in [2.75, 3.05) is 32.1 Å². The normalized spacial score (nSPS) is 11.4. The molecule has 0 saturated carbocycles. The molecule has 1 aromatic heterocycles. The van der Waals surface area contributed by atoms with E-state index in [-0.39, 0.29) is 26.2 Å². The Hall–Kier alpha value is -0.860. The first kappa shape index (κ1) is 13.2. The largest absolute Gasteiger partial charge is 0.395 e. The third-order valence-corrected chi connectivity index (χ3v) is 2.78. The highest BCUT2D eigenvalue weighted by molar-refractivity contribution is 7.15. The van der Waals surface area contributed by atoms with E-state index in [9.17, 15) is 8.78 Å². The fourth-order valence-corrected chi connectivity index (χ4v) is 1.92. The molecular formula is C8H14F2N4OS. The van der Waals surface area contributed by atoms with Crippen molar-refractivity contribution in [1.29, 1.82) is 0 Å². The van der Waals surface area contributed by atoms with Gasteiger partial charge in [0.2, 0.25) is 5.13 Å². The predicted octanol–water partition coefficient (Wildman–Crippen LogP) is 0.639. The van der Waals surface area contributed by atoms with E-state index in [1.807, 2.05) is 0 Å². The van der Waals surface area contributed by atoms with E-state index in [0.29, 0.717) is 10.1 Å². The second kappa shape index (κ2) is 6.66. The predicted molar refractivity (Wildman–Crippen MR) is 57.8 cm³/mol. The molecule has 0 radical (unpaired) electrons. The number of alkyl halides is 2. The van der Waals surface area contributed by atoms with Gasteiger partial charge in [-0.15, -0.1) is 10.2 Å². The second-order valence-corrected chi connectivity index (χ2v) is 4.16. The Morgan fingerprint density at radius 1 is 1.50 bits per heavy atom. The van der Waals surface area contributed by atoms with E-state index < -0.39 is 6.43 Å². The van der Waals surface area contributed by atoms with Crippen LogP contribution in [0.4, 0.5) is 13.9 Å². The molecule has 0 saturated heterocycles. The van der Waals surface area contributed by atoms with Crippen molar-refractivity contribution >= 4 is 16.5 Å². The van der Waals surface area contributed by atoms with E-state index >= 15 is 0 Å².